The molecule has 1 heterocycles. The molecule has 0 aromatic heterocycles. The topological polar surface area (TPSA) is 38.7 Å². The van der Waals surface area contributed by atoms with E-state index in [1.807, 2.05) is 18.2 Å². The summed E-state index contributed by atoms with van der Waals surface area (Å²) < 4.78 is 25.4. The Morgan fingerprint density at radius 3 is 2.41 bits per heavy atom. The zero-order valence-corrected chi connectivity index (χ0v) is 16.7. The van der Waals surface area contributed by atoms with Crippen LogP contribution in [0.1, 0.15) is 43.7 Å². The first-order valence-corrected chi connectivity index (χ1v) is 10.7. The summed E-state index contributed by atoms with van der Waals surface area (Å²) in [5, 5.41) is 11.3. The summed E-state index contributed by atoms with van der Waals surface area (Å²) in [5.74, 6) is 2.77. The van der Waals surface area contributed by atoms with E-state index in [0.717, 1.165) is 17.6 Å². The summed E-state index contributed by atoms with van der Waals surface area (Å²) in [7, 11) is 0. The van der Waals surface area contributed by atoms with Crippen LogP contribution < -0.4 is 4.74 Å². The highest BCUT2D eigenvalue weighted by Crippen LogP contribution is 2.52. The van der Waals surface area contributed by atoms with E-state index in [1.54, 1.807) is 12.1 Å². The van der Waals surface area contributed by atoms with E-state index < -0.39 is 0 Å². The number of benzene rings is 2. The predicted octanol–water partition coefficient (Wildman–Crippen LogP) is 6.28. The molecular weight excluding hydrogens is 367 g/mol. The van der Waals surface area contributed by atoms with E-state index in [0.29, 0.717) is 35.7 Å². The smallest absolute Gasteiger partial charge is 0.128 e. The molecule has 1 N–H and O–H groups in total. The Morgan fingerprint density at radius 2 is 1.69 bits per heavy atom. The van der Waals surface area contributed by atoms with Crippen molar-refractivity contribution in [2.45, 2.75) is 45.1 Å². The highest BCUT2D eigenvalue weighted by molar-refractivity contribution is 5.73. The fourth-order valence-electron chi connectivity index (χ4n) is 5.53. The van der Waals surface area contributed by atoms with Crippen LogP contribution >= 0.6 is 0 Å². The first kappa shape index (κ1) is 18.7. The van der Waals surface area contributed by atoms with Crippen molar-refractivity contribution in [2.24, 2.45) is 17.8 Å². The number of aliphatic hydroxyl groups is 1. The molecule has 2 atom stereocenters. The molecule has 1 aliphatic heterocycles. The molecule has 0 saturated heterocycles. The molecule has 0 spiro atoms. The SMILES string of the molecule is CCc1ccc(Oc2ccc(F)cc2)cc1C1=C(O)C2C(OC1)[C@H]1CC[C@@H]2CC1. The molecule has 152 valence electrons. The minimum absolute atomic E-state index is 0.137. The number of fused-ring (bicyclic) bond motifs is 2. The Kier molecular flexibility index (Phi) is 4.83. The lowest BCUT2D eigenvalue weighted by Crippen LogP contribution is -2.48. The van der Waals surface area contributed by atoms with Crippen molar-refractivity contribution in [2.75, 3.05) is 6.61 Å². The summed E-state index contributed by atoms with van der Waals surface area (Å²) in [5.41, 5.74) is 3.07. The minimum Gasteiger partial charge on any atom is -0.512 e. The van der Waals surface area contributed by atoms with Crippen LogP contribution in [0.3, 0.4) is 0 Å². The first-order valence-electron chi connectivity index (χ1n) is 10.7. The molecule has 29 heavy (non-hydrogen) atoms. The Morgan fingerprint density at radius 1 is 1.00 bits per heavy atom. The monoisotopic (exact) mass is 394 g/mol. The van der Waals surface area contributed by atoms with Crippen molar-refractivity contribution >= 4 is 5.57 Å². The molecule has 2 aromatic carbocycles. The fourth-order valence-corrected chi connectivity index (χ4v) is 5.53. The fraction of sp³-hybridized carbons (Fsp3) is 0.440. The van der Waals surface area contributed by atoms with Crippen LogP contribution in [0.2, 0.25) is 0 Å². The third-order valence-electron chi connectivity index (χ3n) is 7.02. The highest BCUT2D eigenvalue weighted by Gasteiger charge is 2.48. The summed E-state index contributed by atoms with van der Waals surface area (Å²) in [4.78, 5) is 0. The number of aliphatic hydroxyl groups excluding tert-OH is 1. The molecule has 0 radical (unpaired) electrons. The lowest BCUT2D eigenvalue weighted by molar-refractivity contribution is -0.0972. The number of hydrogen-bond donors (Lipinski definition) is 1. The van der Waals surface area contributed by atoms with Crippen molar-refractivity contribution < 1.29 is 19.0 Å². The van der Waals surface area contributed by atoms with Crippen molar-refractivity contribution in [3.63, 3.8) is 0 Å². The summed E-state index contributed by atoms with van der Waals surface area (Å²) in [6, 6.07) is 12.0. The van der Waals surface area contributed by atoms with Gasteiger partial charge in [-0.1, -0.05) is 13.0 Å². The van der Waals surface area contributed by atoms with Gasteiger partial charge in [0.25, 0.3) is 0 Å². The molecule has 4 aliphatic rings. The number of halogens is 1. The Bertz CT molecular complexity index is 926. The van der Waals surface area contributed by atoms with Crippen LogP contribution in [0, 0.1) is 23.6 Å². The number of hydrogen-bond acceptors (Lipinski definition) is 3. The van der Waals surface area contributed by atoms with E-state index in [1.165, 1.54) is 43.4 Å². The predicted molar refractivity (Wildman–Crippen MR) is 111 cm³/mol. The van der Waals surface area contributed by atoms with Gasteiger partial charge in [-0.05, 0) is 91.5 Å². The normalized spacial score (nSPS) is 28.3. The van der Waals surface area contributed by atoms with Gasteiger partial charge in [-0.3, -0.25) is 0 Å². The number of aryl methyl sites for hydroxylation is 1. The van der Waals surface area contributed by atoms with Crippen LogP contribution in [0.5, 0.6) is 11.5 Å². The van der Waals surface area contributed by atoms with E-state index in [4.69, 9.17) is 9.47 Å². The standard InChI is InChI=1S/C25H27FO3/c1-2-15-7-10-20(29-19-11-8-18(26)9-12-19)13-21(15)22-14-28-25-17-5-3-16(4-6-17)23(25)24(22)27/h7-13,16-17,23,25,27H,2-6,14H2,1H3/t16-,17+,23?,25?. The Balaban J connectivity index is 1.50. The second-order valence-electron chi connectivity index (χ2n) is 8.57. The molecule has 3 saturated carbocycles. The van der Waals surface area contributed by atoms with Gasteiger partial charge >= 0.3 is 0 Å². The van der Waals surface area contributed by atoms with Crippen LogP contribution in [0.15, 0.2) is 48.2 Å². The molecule has 4 heteroatoms. The first-order chi connectivity index (χ1) is 14.1. The van der Waals surface area contributed by atoms with Gasteiger partial charge in [0.15, 0.2) is 0 Å². The second-order valence-corrected chi connectivity index (χ2v) is 8.57. The van der Waals surface area contributed by atoms with E-state index in [2.05, 4.69) is 6.92 Å². The maximum Gasteiger partial charge on any atom is 0.128 e. The van der Waals surface area contributed by atoms with E-state index in [9.17, 15) is 9.50 Å². The molecular formula is C25H27FO3. The summed E-state index contributed by atoms with van der Waals surface area (Å²) in [6.07, 6.45) is 5.89. The van der Waals surface area contributed by atoms with Gasteiger partial charge in [0.2, 0.25) is 0 Å². The summed E-state index contributed by atoms with van der Waals surface area (Å²) >= 11 is 0. The average molecular weight is 394 g/mol. The molecule has 3 nitrogen and oxygen atoms in total. The maximum atomic E-state index is 13.2. The largest absolute Gasteiger partial charge is 0.512 e. The van der Waals surface area contributed by atoms with Crippen molar-refractivity contribution in [3.05, 3.63) is 65.2 Å². The summed E-state index contributed by atoms with van der Waals surface area (Å²) in [6.45, 7) is 2.56. The Hall–Kier alpha value is -2.33. The maximum absolute atomic E-state index is 13.2. The molecule has 3 fully saturated rings. The van der Waals surface area contributed by atoms with Crippen molar-refractivity contribution in [1.82, 2.24) is 0 Å². The zero-order chi connectivity index (χ0) is 20.0. The van der Waals surface area contributed by atoms with Gasteiger partial charge in [0, 0.05) is 11.5 Å². The second kappa shape index (κ2) is 7.49. The minimum atomic E-state index is -0.287. The van der Waals surface area contributed by atoms with Crippen molar-refractivity contribution in [1.29, 1.82) is 0 Å². The lowest BCUT2D eigenvalue weighted by atomic mass is 9.61. The molecule has 0 amide bonds. The van der Waals surface area contributed by atoms with Gasteiger partial charge in [-0.15, -0.1) is 0 Å². The van der Waals surface area contributed by atoms with Crippen LogP contribution in [-0.4, -0.2) is 17.8 Å². The average Bonchev–Trinajstić information content (AvgIpc) is 2.76. The number of rotatable bonds is 4. The van der Waals surface area contributed by atoms with Crippen LogP contribution in [-0.2, 0) is 11.2 Å². The molecule has 2 aromatic rings. The molecule has 6 rings (SSSR count). The third-order valence-corrected chi connectivity index (χ3v) is 7.02. The quantitative estimate of drug-likeness (QED) is 0.663. The van der Waals surface area contributed by atoms with Gasteiger partial charge in [0.1, 0.15) is 23.1 Å². The van der Waals surface area contributed by atoms with Gasteiger partial charge in [-0.25, -0.2) is 4.39 Å². The molecule has 2 unspecified atom stereocenters. The van der Waals surface area contributed by atoms with Crippen LogP contribution in [0.25, 0.3) is 5.57 Å². The van der Waals surface area contributed by atoms with Crippen LogP contribution in [0.4, 0.5) is 4.39 Å². The number of ether oxygens (including phenoxy) is 2. The van der Waals surface area contributed by atoms with Gasteiger partial charge < -0.3 is 14.6 Å². The molecule has 3 aliphatic carbocycles. The third kappa shape index (κ3) is 3.33. The zero-order valence-electron chi connectivity index (χ0n) is 16.7. The lowest BCUT2D eigenvalue weighted by Gasteiger charge is -2.50. The highest BCUT2D eigenvalue weighted by atomic mass is 19.1. The molecule has 2 bridgehead atoms. The van der Waals surface area contributed by atoms with Crippen molar-refractivity contribution in [3.8, 4) is 11.5 Å². The van der Waals surface area contributed by atoms with E-state index >= 15 is 0 Å². The Labute approximate surface area is 171 Å². The van der Waals surface area contributed by atoms with Gasteiger partial charge in [-0.2, -0.15) is 0 Å². The van der Waals surface area contributed by atoms with E-state index in [-0.39, 0.29) is 17.8 Å². The van der Waals surface area contributed by atoms with Gasteiger partial charge in [0.05, 0.1) is 12.7 Å².